The topological polar surface area (TPSA) is 20.2 Å². The standard InChI is InChI=1S/C11H18O/c1-10(3-4-12)7-5-8-9(6-7)11(8,10)2/h7-9,12H,3-6H2,1-2H3. The first-order valence-corrected chi connectivity index (χ1v) is 5.25. The zero-order valence-electron chi connectivity index (χ0n) is 8.01. The lowest BCUT2D eigenvalue weighted by atomic mass is 9.72. The monoisotopic (exact) mass is 166 g/mol. The van der Waals surface area contributed by atoms with Crippen LogP contribution in [0, 0.1) is 28.6 Å². The molecule has 0 spiro atoms. The number of aliphatic hydroxyl groups excluding tert-OH is 1. The van der Waals surface area contributed by atoms with E-state index in [-0.39, 0.29) is 0 Å². The van der Waals surface area contributed by atoms with Crippen LogP contribution in [-0.2, 0) is 0 Å². The van der Waals surface area contributed by atoms with Crippen LogP contribution in [0.3, 0.4) is 0 Å². The second-order valence-corrected chi connectivity index (χ2v) is 5.56. The van der Waals surface area contributed by atoms with Crippen molar-refractivity contribution in [3.8, 4) is 0 Å². The molecule has 4 aliphatic carbocycles. The largest absolute Gasteiger partial charge is 0.396 e. The zero-order chi connectivity index (χ0) is 8.56. The summed E-state index contributed by atoms with van der Waals surface area (Å²) in [5, 5.41) is 9.08. The second kappa shape index (κ2) is 1.75. The molecule has 4 saturated carbocycles. The molecule has 4 bridgehead atoms. The molecule has 1 heteroatoms. The second-order valence-electron chi connectivity index (χ2n) is 5.56. The summed E-state index contributed by atoms with van der Waals surface area (Å²) in [6.07, 6.45) is 3.98. The molecule has 68 valence electrons. The van der Waals surface area contributed by atoms with Crippen LogP contribution in [0.15, 0.2) is 0 Å². The molecule has 0 radical (unpaired) electrons. The van der Waals surface area contributed by atoms with Gasteiger partial charge in [0.25, 0.3) is 0 Å². The van der Waals surface area contributed by atoms with Crippen molar-refractivity contribution >= 4 is 0 Å². The summed E-state index contributed by atoms with van der Waals surface area (Å²) in [7, 11) is 0. The zero-order valence-corrected chi connectivity index (χ0v) is 8.01. The first-order chi connectivity index (χ1) is 5.64. The molecule has 0 heterocycles. The normalized spacial score (nSPS) is 65.8. The fourth-order valence-electron chi connectivity index (χ4n) is 4.74. The van der Waals surface area contributed by atoms with Gasteiger partial charge in [-0.25, -0.2) is 0 Å². The van der Waals surface area contributed by atoms with Gasteiger partial charge in [0.05, 0.1) is 0 Å². The number of rotatable bonds is 2. The number of aliphatic hydroxyl groups is 1. The highest BCUT2D eigenvalue weighted by Gasteiger charge is 2.80. The highest BCUT2D eigenvalue weighted by Crippen LogP contribution is 2.86. The molecule has 4 rings (SSSR count). The Morgan fingerprint density at radius 2 is 1.83 bits per heavy atom. The third kappa shape index (κ3) is 0.477. The molecule has 0 aromatic rings. The first-order valence-electron chi connectivity index (χ1n) is 5.25. The Bertz CT molecular complexity index is 223. The van der Waals surface area contributed by atoms with Crippen molar-refractivity contribution in [2.24, 2.45) is 28.6 Å². The van der Waals surface area contributed by atoms with Crippen molar-refractivity contribution in [3.63, 3.8) is 0 Å². The van der Waals surface area contributed by atoms with Crippen molar-refractivity contribution < 1.29 is 5.11 Å². The Balaban J connectivity index is 1.97. The van der Waals surface area contributed by atoms with E-state index < -0.39 is 0 Å². The van der Waals surface area contributed by atoms with Crippen LogP contribution < -0.4 is 0 Å². The van der Waals surface area contributed by atoms with E-state index in [0.717, 1.165) is 24.2 Å². The molecule has 3 unspecified atom stereocenters. The van der Waals surface area contributed by atoms with Gasteiger partial charge < -0.3 is 5.11 Å². The van der Waals surface area contributed by atoms with E-state index in [1.165, 1.54) is 12.8 Å². The average molecular weight is 166 g/mol. The molecule has 3 atom stereocenters. The average Bonchev–Trinajstić information content (AvgIpc) is 2.41. The molecular formula is C11H18O. The molecule has 4 fully saturated rings. The van der Waals surface area contributed by atoms with Gasteiger partial charge in [-0.2, -0.15) is 0 Å². The molecule has 1 N–H and O–H groups in total. The molecule has 0 aliphatic heterocycles. The molecule has 4 aliphatic rings. The minimum absolute atomic E-state index is 0.391. The van der Waals surface area contributed by atoms with Crippen LogP contribution in [-0.4, -0.2) is 11.7 Å². The Hall–Kier alpha value is -0.0400. The SMILES string of the molecule is CC1(CCO)C2CC3C(C2)C31C. The summed E-state index contributed by atoms with van der Waals surface area (Å²) in [6, 6.07) is 0. The van der Waals surface area contributed by atoms with E-state index in [9.17, 15) is 0 Å². The molecule has 1 nitrogen and oxygen atoms in total. The number of hydrogen-bond donors (Lipinski definition) is 1. The Morgan fingerprint density at radius 1 is 1.25 bits per heavy atom. The molecular weight excluding hydrogens is 148 g/mol. The van der Waals surface area contributed by atoms with E-state index in [4.69, 9.17) is 5.11 Å². The van der Waals surface area contributed by atoms with Crippen molar-refractivity contribution in [1.82, 2.24) is 0 Å². The lowest BCUT2D eigenvalue weighted by Gasteiger charge is -2.33. The number of hydrogen-bond acceptors (Lipinski definition) is 1. The minimum atomic E-state index is 0.391. The predicted molar refractivity (Wildman–Crippen MR) is 47.6 cm³/mol. The molecule has 0 aromatic carbocycles. The van der Waals surface area contributed by atoms with Gasteiger partial charge in [0.1, 0.15) is 0 Å². The van der Waals surface area contributed by atoms with Crippen LogP contribution >= 0.6 is 0 Å². The van der Waals surface area contributed by atoms with E-state index >= 15 is 0 Å². The predicted octanol–water partition coefficient (Wildman–Crippen LogP) is 2.05. The van der Waals surface area contributed by atoms with Crippen molar-refractivity contribution in [2.45, 2.75) is 33.1 Å². The summed E-state index contributed by atoms with van der Waals surface area (Å²) in [5.74, 6) is 3.03. The van der Waals surface area contributed by atoms with Gasteiger partial charge in [0, 0.05) is 6.61 Å². The maximum atomic E-state index is 9.08. The fraction of sp³-hybridized carbons (Fsp3) is 1.00. The highest BCUT2D eigenvalue weighted by atomic mass is 16.3. The van der Waals surface area contributed by atoms with Crippen molar-refractivity contribution in [1.29, 1.82) is 0 Å². The van der Waals surface area contributed by atoms with Crippen LogP contribution in [0.25, 0.3) is 0 Å². The lowest BCUT2D eigenvalue weighted by Crippen LogP contribution is -2.28. The molecule has 0 aromatic heterocycles. The Morgan fingerprint density at radius 3 is 2.17 bits per heavy atom. The van der Waals surface area contributed by atoms with Gasteiger partial charge in [-0.15, -0.1) is 0 Å². The van der Waals surface area contributed by atoms with Gasteiger partial charge >= 0.3 is 0 Å². The summed E-state index contributed by atoms with van der Waals surface area (Å²) in [6.45, 7) is 5.27. The molecule has 0 amide bonds. The quantitative estimate of drug-likeness (QED) is 0.665. The van der Waals surface area contributed by atoms with Gasteiger partial charge in [0.15, 0.2) is 0 Å². The third-order valence-corrected chi connectivity index (χ3v) is 5.76. The summed E-state index contributed by atoms with van der Waals surface area (Å²) in [5.41, 5.74) is 1.14. The van der Waals surface area contributed by atoms with Gasteiger partial charge in [-0.3, -0.25) is 0 Å². The third-order valence-electron chi connectivity index (χ3n) is 5.76. The van der Waals surface area contributed by atoms with Crippen molar-refractivity contribution in [3.05, 3.63) is 0 Å². The maximum Gasteiger partial charge on any atom is 0.0436 e. The van der Waals surface area contributed by atoms with Crippen LogP contribution in [0.4, 0.5) is 0 Å². The minimum Gasteiger partial charge on any atom is -0.396 e. The van der Waals surface area contributed by atoms with Crippen LogP contribution in [0.5, 0.6) is 0 Å². The Labute approximate surface area is 74.2 Å². The van der Waals surface area contributed by atoms with Crippen molar-refractivity contribution in [2.75, 3.05) is 6.61 Å². The van der Waals surface area contributed by atoms with Gasteiger partial charge in [-0.05, 0) is 47.8 Å². The van der Waals surface area contributed by atoms with E-state index in [0.29, 0.717) is 17.4 Å². The summed E-state index contributed by atoms with van der Waals surface area (Å²) in [4.78, 5) is 0. The van der Waals surface area contributed by atoms with Gasteiger partial charge in [0.2, 0.25) is 0 Å². The summed E-state index contributed by atoms with van der Waals surface area (Å²) < 4.78 is 0. The first kappa shape index (κ1) is 7.37. The molecule has 12 heavy (non-hydrogen) atoms. The maximum absolute atomic E-state index is 9.08. The van der Waals surface area contributed by atoms with Gasteiger partial charge in [-0.1, -0.05) is 13.8 Å². The van der Waals surface area contributed by atoms with Crippen LogP contribution in [0.2, 0.25) is 0 Å². The van der Waals surface area contributed by atoms with E-state index in [1.807, 2.05) is 0 Å². The fourth-order valence-corrected chi connectivity index (χ4v) is 4.74. The smallest absolute Gasteiger partial charge is 0.0436 e. The highest BCUT2D eigenvalue weighted by molar-refractivity contribution is 5.28. The summed E-state index contributed by atoms with van der Waals surface area (Å²) >= 11 is 0. The van der Waals surface area contributed by atoms with E-state index in [2.05, 4.69) is 13.8 Å². The molecule has 0 saturated heterocycles. The van der Waals surface area contributed by atoms with Crippen LogP contribution in [0.1, 0.15) is 33.1 Å². The van der Waals surface area contributed by atoms with E-state index in [1.54, 1.807) is 0 Å². The lowest BCUT2D eigenvalue weighted by molar-refractivity contribution is 0.113. The Kier molecular flexibility index (Phi) is 1.07.